The number of rotatable bonds is 27. The van der Waals surface area contributed by atoms with Crippen molar-refractivity contribution in [1.29, 1.82) is 0 Å². The maximum absolute atomic E-state index is 14.9. The second-order valence-corrected chi connectivity index (χ2v) is 23.8. The summed E-state index contributed by atoms with van der Waals surface area (Å²) >= 11 is 0. The average Bonchev–Trinajstić information content (AvgIpc) is 1.11. The number of amides is 9. The Kier molecular flexibility index (Phi) is 24.6. The molecule has 0 saturated carbocycles. The summed E-state index contributed by atoms with van der Waals surface area (Å²) in [5.41, 5.74) is 0.931. The highest BCUT2D eigenvalue weighted by Crippen LogP contribution is 2.38. The fourth-order valence-corrected chi connectivity index (χ4v) is 13.3. The first-order valence-corrected chi connectivity index (χ1v) is 32.0. The highest BCUT2D eigenvalue weighted by atomic mass is 16.3. The molecule has 21 nitrogen and oxygen atoms in total. The highest BCUT2D eigenvalue weighted by Gasteiger charge is 2.52. The van der Waals surface area contributed by atoms with Gasteiger partial charge in [0.25, 0.3) is 5.91 Å². The Balaban J connectivity index is 0.836. The Morgan fingerprint density at radius 2 is 0.967 bits per heavy atom. The van der Waals surface area contributed by atoms with Crippen molar-refractivity contribution >= 4 is 53.2 Å². The summed E-state index contributed by atoms with van der Waals surface area (Å²) in [6.45, 7) is 3.55. The Bertz CT molecular complexity index is 3080. The molecule has 0 unspecified atom stereocenters. The lowest BCUT2D eigenvalue weighted by atomic mass is 9.81. The van der Waals surface area contributed by atoms with Gasteiger partial charge in [-0.1, -0.05) is 135 Å². The molecule has 90 heavy (non-hydrogen) atoms. The second-order valence-electron chi connectivity index (χ2n) is 23.8. The van der Waals surface area contributed by atoms with Crippen molar-refractivity contribution in [3.05, 3.63) is 144 Å². The number of benzene rings is 4. The van der Waals surface area contributed by atoms with Crippen LogP contribution >= 0.6 is 0 Å². The Morgan fingerprint density at radius 1 is 0.544 bits per heavy atom. The van der Waals surface area contributed by atoms with Gasteiger partial charge >= 0.3 is 0 Å². The summed E-state index contributed by atoms with van der Waals surface area (Å²) in [6.07, 6.45) is 5.49. The minimum Gasteiger partial charge on any atom is -0.396 e. The van der Waals surface area contributed by atoms with Crippen molar-refractivity contribution < 1.29 is 48.3 Å². The Morgan fingerprint density at radius 3 is 1.43 bits per heavy atom. The van der Waals surface area contributed by atoms with Gasteiger partial charge in [0.05, 0.1) is 18.1 Å². The van der Waals surface area contributed by atoms with Crippen LogP contribution in [0.4, 0.5) is 0 Å². The van der Waals surface area contributed by atoms with E-state index >= 15 is 0 Å². The molecule has 0 bridgehead atoms. The summed E-state index contributed by atoms with van der Waals surface area (Å²) in [5, 5.41) is 37.4. The first kappa shape index (κ1) is 67.5. The molecule has 8 rings (SSSR count). The number of carbonyl (C=O) groups is 9. The quantitative estimate of drug-likeness (QED) is 0.0304. The number of hydrogen-bond acceptors (Lipinski definition) is 12. The fraction of sp³-hybridized carbons (Fsp3) is 0.493. The van der Waals surface area contributed by atoms with Gasteiger partial charge in [-0.3, -0.25) is 43.2 Å². The standard InChI is InChI=1S/C69H89N11O10/c1-5-53(70-3)62(84)76-60-47(33-35-51-37-39-55(79(51)66(60)88)64(86)75-59(45-23-13-9-14-24-45)46-25-15-10-16-26-46)43-74-58(83)32-22-8-7-21-31-57(82)72-41-42-73-68(90)69(49-27-17-11-18-28-49,50-29-19-12-20-30-50)78-65(87)56-40-38-52-36-34-48(44-81)61(67(89)80(52)56)77-63(85)54(6-2)71-4/h9-20,23-30,47-48,51-56,59-61,70-71,81H,5-6,21-22,31-44H2,1-4H3,(H,72,82)(H,73,90)(H,74,83)(H,75,86)(H,76,84)(H,77,85)(H,78,87)/t47-,48-,51+,52+,53+,54+,55+,56+,60+,61+/m1/s1. The molecule has 0 spiro atoms. The number of fused-ring (bicyclic) bond motifs is 2. The molecule has 4 heterocycles. The van der Waals surface area contributed by atoms with Crippen molar-refractivity contribution in [2.45, 2.75) is 164 Å². The zero-order valence-corrected chi connectivity index (χ0v) is 52.1. The molecule has 480 valence electrons. The molecule has 9 amide bonds. The molecule has 10 atom stereocenters. The van der Waals surface area contributed by atoms with Gasteiger partial charge in [0.1, 0.15) is 24.2 Å². The number of nitrogens with zero attached hydrogens (tertiary/aromatic N) is 2. The molecule has 4 saturated heterocycles. The minimum absolute atomic E-state index is 0.00727. The maximum atomic E-state index is 14.9. The van der Waals surface area contributed by atoms with Crippen molar-refractivity contribution in [3.63, 3.8) is 0 Å². The van der Waals surface area contributed by atoms with E-state index < -0.39 is 77.4 Å². The van der Waals surface area contributed by atoms with Crippen LogP contribution in [0.2, 0.25) is 0 Å². The molecule has 0 radical (unpaired) electrons. The first-order chi connectivity index (χ1) is 43.7. The van der Waals surface area contributed by atoms with Gasteiger partial charge in [0.15, 0.2) is 5.54 Å². The molecular formula is C69H89N11O10. The van der Waals surface area contributed by atoms with E-state index in [0.29, 0.717) is 75.3 Å². The summed E-state index contributed by atoms with van der Waals surface area (Å²) in [5.74, 6) is 1.39. The summed E-state index contributed by atoms with van der Waals surface area (Å²) in [6, 6.07) is 31.0. The van der Waals surface area contributed by atoms with Gasteiger partial charge in [0, 0.05) is 75.8 Å². The molecule has 4 aromatic rings. The van der Waals surface area contributed by atoms with Crippen LogP contribution in [-0.4, -0.2) is 157 Å². The lowest BCUT2D eigenvalue weighted by Gasteiger charge is -2.37. The van der Waals surface area contributed by atoms with Gasteiger partial charge in [-0.25, -0.2) is 0 Å². The van der Waals surface area contributed by atoms with Crippen LogP contribution in [0.3, 0.4) is 0 Å². The van der Waals surface area contributed by atoms with E-state index in [1.54, 1.807) is 84.6 Å². The molecule has 4 aliphatic rings. The van der Waals surface area contributed by atoms with Gasteiger partial charge < -0.3 is 62.8 Å². The van der Waals surface area contributed by atoms with Gasteiger partial charge in [-0.15, -0.1) is 11.8 Å². The van der Waals surface area contributed by atoms with E-state index in [4.69, 9.17) is 0 Å². The minimum atomic E-state index is -1.79. The molecule has 4 aliphatic heterocycles. The van der Waals surface area contributed by atoms with E-state index in [2.05, 4.69) is 59.7 Å². The predicted octanol–water partition coefficient (Wildman–Crippen LogP) is 3.36. The van der Waals surface area contributed by atoms with Crippen LogP contribution in [0.5, 0.6) is 0 Å². The summed E-state index contributed by atoms with van der Waals surface area (Å²) in [7, 11) is 3.34. The van der Waals surface area contributed by atoms with Crippen molar-refractivity contribution in [2.75, 3.05) is 40.3 Å². The smallest absolute Gasteiger partial charge is 0.255 e. The molecular weight excluding hydrogens is 1140 g/mol. The van der Waals surface area contributed by atoms with Crippen LogP contribution < -0.4 is 47.9 Å². The highest BCUT2D eigenvalue weighted by molar-refractivity contribution is 6.00. The topological polar surface area (TPSA) is 289 Å². The van der Waals surface area contributed by atoms with E-state index in [1.165, 1.54) is 0 Å². The number of nitrogens with one attached hydrogen (secondary N) is 9. The van der Waals surface area contributed by atoms with E-state index in [0.717, 1.165) is 11.1 Å². The second kappa shape index (κ2) is 32.9. The Hall–Kier alpha value is -8.45. The molecule has 4 aromatic carbocycles. The summed E-state index contributed by atoms with van der Waals surface area (Å²) in [4.78, 5) is 130. The molecule has 0 aromatic heterocycles. The largest absolute Gasteiger partial charge is 0.396 e. The van der Waals surface area contributed by atoms with Crippen LogP contribution in [0, 0.1) is 23.7 Å². The zero-order valence-electron chi connectivity index (χ0n) is 52.1. The van der Waals surface area contributed by atoms with Gasteiger partial charge in [0.2, 0.25) is 47.3 Å². The third-order valence-electron chi connectivity index (χ3n) is 18.3. The van der Waals surface area contributed by atoms with Gasteiger partial charge in [-0.2, -0.15) is 0 Å². The number of hydrogen-bond donors (Lipinski definition) is 10. The number of aliphatic hydroxyl groups excluding tert-OH is 1. The molecule has 10 N–H and O–H groups in total. The lowest BCUT2D eigenvalue weighted by molar-refractivity contribution is -0.145. The molecule has 21 heteroatoms. The monoisotopic (exact) mass is 1230 g/mol. The molecule has 0 aliphatic carbocycles. The zero-order chi connectivity index (χ0) is 64.2. The third-order valence-corrected chi connectivity index (χ3v) is 18.3. The first-order valence-electron chi connectivity index (χ1n) is 32.0. The SMILES string of the molecule is CC[C@H](NC)C(=O)N[C@@H]1C(=O)N2[C@@H](CC[C@@H]1CNC(=O)CCC#CCCC(=O)NCCNC(=O)C(NC(=O)[C@@H]1CC[C@@H]3CC[C@H](CO)[C@H](NC(=O)[C@H](CC)NC)C(=O)N31)(c1ccccc1)c1ccccc1)CC[C@H]2C(=O)NC(c1ccccc1)c1ccccc1. The Labute approximate surface area is 528 Å². The van der Waals surface area contributed by atoms with E-state index in [9.17, 15) is 48.3 Å². The summed E-state index contributed by atoms with van der Waals surface area (Å²) < 4.78 is 0. The van der Waals surface area contributed by atoms with E-state index in [-0.39, 0.29) is 99.5 Å². The predicted molar refractivity (Wildman–Crippen MR) is 340 cm³/mol. The van der Waals surface area contributed by atoms with Crippen LogP contribution in [0.1, 0.15) is 132 Å². The van der Waals surface area contributed by atoms with Crippen molar-refractivity contribution in [3.8, 4) is 11.8 Å². The number of carbonyl (C=O) groups excluding carboxylic acids is 9. The maximum Gasteiger partial charge on any atom is 0.255 e. The van der Waals surface area contributed by atoms with Gasteiger partial charge in [-0.05, 0) is 101 Å². The van der Waals surface area contributed by atoms with Crippen LogP contribution in [0.25, 0.3) is 0 Å². The van der Waals surface area contributed by atoms with Crippen molar-refractivity contribution in [2.24, 2.45) is 11.8 Å². The third kappa shape index (κ3) is 16.3. The number of likely N-dealkylation sites (N-methyl/N-ethyl adjacent to an activating group) is 2. The number of aliphatic hydroxyl groups is 1. The lowest BCUT2D eigenvalue weighted by Crippen LogP contribution is -2.62. The van der Waals surface area contributed by atoms with Crippen LogP contribution in [-0.2, 0) is 48.7 Å². The average molecular weight is 1230 g/mol. The normalized spacial score (nSPS) is 22.0. The van der Waals surface area contributed by atoms with Crippen LogP contribution in [0.15, 0.2) is 121 Å². The molecule has 4 fully saturated rings. The van der Waals surface area contributed by atoms with Crippen molar-refractivity contribution in [1.82, 2.24) is 57.7 Å². The van der Waals surface area contributed by atoms with E-state index in [1.807, 2.05) is 74.5 Å². The fourth-order valence-electron chi connectivity index (χ4n) is 13.3.